The molecule has 2 heteroatoms. The molecular formula is C28H48O2. The lowest BCUT2D eigenvalue weighted by atomic mass is 9.47. The zero-order valence-electron chi connectivity index (χ0n) is 20.5. The van der Waals surface area contributed by atoms with Crippen molar-refractivity contribution < 1.29 is 9.90 Å². The number of hydrogen-bond acceptors (Lipinski definition) is 2. The molecule has 8 atom stereocenters. The lowest BCUT2D eigenvalue weighted by molar-refractivity contribution is -0.0980. The highest BCUT2D eigenvalue weighted by Gasteiger charge is 2.59. The molecular weight excluding hydrogens is 368 g/mol. The van der Waals surface area contributed by atoms with Gasteiger partial charge in [0.1, 0.15) is 6.79 Å². The van der Waals surface area contributed by atoms with E-state index in [9.17, 15) is 5.11 Å². The zero-order chi connectivity index (χ0) is 22.1. The van der Waals surface area contributed by atoms with Gasteiger partial charge in [-0.3, -0.25) is 0 Å². The van der Waals surface area contributed by atoms with Gasteiger partial charge in [-0.2, -0.15) is 0 Å². The summed E-state index contributed by atoms with van der Waals surface area (Å²) in [6.45, 7) is 14.6. The highest BCUT2D eigenvalue weighted by Crippen LogP contribution is 2.67. The number of hydrogen-bond donors (Lipinski definition) is 1. The molecule has 2 nitrogen and oxygen atoms in total. The average Bonchev–Trinajstić information content (AvgIpc) is 3.07. The largest absolute Gasteiger partial charge is 0.393 e. The van der Waals surface area contributed by atoms with Crippen LogP contribution in [0.4, 0.5) is 0 Å². The number of carbonyl (C=O) groups is 1. The van der Waals surface area contributed by atoms with Crippen molar-refractivity contribution in [1.82, 2.24) is 0 Å². The van der Waals surface area contributed by atoms with Gasteiger partial charge in [-0.15, -0.1) is 0 Å². The van der Waals surface area contributed by atoms with Crippen molar-refractivity contribution in [2.75, 3.05) is 0 Å². The van der Waals surface area contributed by atoms with Crippen molar-refractivity contribution in [2.24, 2.45) is 46.3 Å². The van der Waals surface area contributed by atoms with Crippen LogP contribution in [0.2, 0.25) is 0 Å². The minimum Gasteiger partial charge on any atom is -0.393 e. The summed E-state index contributed by atoms with van der Waals surface area (Å²) in [5, 5.41) is 10.2. The van der Waals surface area contributed by atoms with Crippen molar-refractivity contribution in [2.45, 2.75) is 111 Å². The molecule has 0 amide bonds. The van der Waals surface area contributed by atoms with Gasteiger partial charge in [0, 0.05) is 0 Å². The Morgan fingerprint density at radius 1 is 1.03 bits per heavy atom. The molecule has 0 aromatic carbocycles. The van der Waals surface area contributed by atoms with E-state index in [1.807, 2.05) is 6.79 Å². The topological polar surface area (TPSA) is 37.3 Å². The van der Waals surface area contributed by atoms with Gasteiger partial charge in [0.05, 0.1) is 6.10 Å². The summed E-state index contributed by atoms with van der Waals surface area (Å²) >= 11 is 0. The van der Waals surface area contributed by atoms with E-state index in [1.54, 1.807) is 5.57 Å². The molecule has 3 fully saturated rings. The molecule has 0 radical (unpaired) electrons. The summed E-state index contributed by atoms with van der Waals surface area (Å²) in [5.41, 5.74) is 2.60. The number of rotatable bonds is 5. The summed E-state index contributed by atoms with van der Waals surface area (Å²) in [5.74, 6) is 5.46. The predicted octanol–water partition coefficient (Wildman–Crippen LogP) is 7.20. The Labute approximate surface area is 186 Å². The first-order valence-corrected chi connectivity index (χ1v) is 12.9. The third kappa shape index (κ3) is 4.19. The van der Waals surface area contributed by atoms with E-state index in [0.717, 1.165) is 48.3 Å². The van der Waals surface area contributed by atoms with E-state index < -0.39 is 0 Å². The second kappa shape index (κ2) is 9.47. The van der Waals surface area contributed by atoms with Crippen molar-refractivity contribution in [3.8, 4) is 0 Å². The Morgan fingerprint density at radius 3 is 2.47 bits per heavy atom. The molecule has 7 unspecified atom stereocenters. The van der Waals surface area contributed by atoms with Crippen molar-refractivity contribution in [1.29, 1.82) is 0 Å². The minimum atomic E-state index is -0.0766. The molecule has 4 rings (SSSR count). The summed E-state index contributed by atoms with van der Waals surface area (Å²) in [6, 6.07) is 0. The van der Waals surface area contributed by atoms with Gasteiger partial charge < -0.3 is 9.90 Å². The molecule has 0 aliphatic heterocycles. The predicted molar refractivity (Wildman–Crippen MR) is 126 cm³/mol. The van der Waals surface area contributed by atoms with Crippen LogP contribution in [0.15, 0.2) is 11.6 Å². The Bertz CT molecular complexity index is 610. The molecule has 3 saturated carbocycles. The highest BCUT2D eigenvalue weighted by molar-refractivity contribution is 5.25. The number of aliphatic hydroxyl groups excluding tert-OH is 1. The van der Waals surface area contributed by atoms with E-state index in [4.69, 9.17) is 4.79 Å². The van der Waals surface area contributed by atoms with E-state index in [1.165, 1.54) is 57.8 Å². The van der Waals surface area contributed by atoms with E-state index >= 15 is 0 Å². The Kier molecular flexibility index (Phi) is 7.58. The van der Waals surface area contributed by atoms with Crippen molar-refractivity contribution in [3.05, 3.63) is 11.6 Å². The van der Waals surface area contributed by atoms with Gasteiger partial charge in [-0.05, 0) is 97.7 Å². The van der Waals surface area contributed by atoms with E-state index in [0.29, 0.717) is 10.8 Å². The van der Waals surface area contributed by atoms with Crippen LogP contribution in [0.25, 0.3) is 0 Å². The first-order chi connectivity index (χ1) is 14.3. The first-order valence-electron chi connectivity index (χ1n) is 12.9. The van der Waals surface area contributed by atoms with Gasteiger partial charge in [0.15, 0.2) is 0 Å². The molecule has 0 aromatic rings. The fraction of sp³-hybridized carbons (Fsp3) is 0.893. The lowest BCUT2D eigenvalue weighted by Crippen LogP contribution is -2.50. The van der Waals surface area contributed by atoms with E-state index in [2.05, 4.69) is 40.7 Å². The average molecular weight is 417 g/mol. The van der Waals surface area contributed by atoms with Crippen LogP contribution in [0.3, 0.4) is 0 Å². The number of carbonyl (C=O) groups excluding carboxylic acids is 1. The number of allylic oxidation sites excluding steroid dienone is 1. The first kappa shape index (κ1) is 24.0. The third-order valence-corrected chi connectivity index (χ3v) is 10.3. The van der Waals surface area contributed by atoms with Gasteiger partial charge in [-0.25, -0.2) is 0 Å². The smallest absolute Gasteiger partial charge is 0.106 e. The third-order valence-electron chi connectivity index (χ3n) is 10.3. The maximum Gasteiger partial charge on any atom is 0.106 e. The summed E-state index contributed by atoms with van der Waals surface area (Å²) in [7, 11) is 0. The fourth-order valence-corrected chi connectivity index (χ4v) is 8.67. The number of aliphatic hydroxyl groups is 1. The zero-order valence-corrected chi connectivity index (χ0v) is 20.5. The number of fused-ring (bicyclic) bond motifs is 5. The van der Waals surface area contributed by atoms with Crippen LogP contribution in [0.5, 0.6) is 0 Å². The Morgan fingerprint density at radius 2 is 1.77 bits per heavy atom. The van der Waals surface area contributed by atoms with Gasteiger partial charge in [0.25, 0.3) is 0 Å². The minimum absolute atomic E-state index is 0.0766. The second-order valence-electron chi connectivity index (χ2n) is 12.2. The summed E-state index contributed by atoms with van der Waals surface area (Å²) in [4.78, 5) is 8.00. The second-order valence-corrected chi connectivity index (χ2v) is 12.2. The van der Waals surface area contributed by atoms with Crippen molar-refractivity contribution >= 4 is 6.79 Å². The Balaban J connectivity index is 0.00000124. The van der Waals surface area contributed by atoms with Crippen LogP contribution >= 0.6 is 0 Å². The maximum atomic E-state index is 10.2. The van der Waals surface area contributed by atoms with E-state index in [-0.39, 0.29) is 6.10 Å². The molecule has 172 valence electrons. The molecule has 0 aromatic heterocycles. The fourth-order valence-electron chi connectivity index (χ4n) is 8.67. The highest BCUT2D eigenvalue weighted by atomic mass is 16.3. The molecule has 0 saturated heterocycles. The molecule has 4 aliphatic rings. The van der Waals surface area contributed by atoms with Gasteiger partial charge in [0.2, 0.25) is 0 Å². The van der Waals surface area contributed by atoms with Crippen LogP contribution in [0, 0.1) is 46.3 Å². The normalized spacial score (nSPS) is 43.6. The summed E-state index contributed by atoms with van der Waals surface area (Å²) < 4.78 is 0. The molecule has 0 bridgehead atoms. The molecule has 0 heterocycles. The molecule has 0 spiro atoms. The molecule has 1 N–H and O–H groups in total. The van der Waals surface area contributed by atoms with Crippen LogP contribution in [-0.4, -0.2) is 18.0 Å². The lowest BCUT2D eigenvalue weighted by Gasteiger charge is -2.58. The van der Waals surface area contributed by atoms with Gasteiger partial charge >= 0.3 is 0 Å². The SMILES string of the molecule is C=O.CC(C)CCC[C@@H](C)C1CCC2C3CC=C4CC(O)CCC4(C)C3CCC21C. The summed E-state index contributed by atoms with van der Waals surface area (Å²) in [6.07, 6.45) is 17.2. The van der Waals surface area contributed by atoms with Crippen LogP contribution in [-0.2, 0) is 4.79 Å². The molecule has 30 heavy (non-hydrogen) atoms. The van der Waals surface area contributed by atoms with Crippen LogP contribution < -0.4 is 0 Å². The van der Waals surface area contributed by atoms with Crippen molar-refractivity contribution in [3.63, 3.8) is 0 Å². The quantitative estimate of drug-likeness (QED) is 0.481. The van der Waals surface area contributed by atoms with Gasteiger partial charge in [-0.1, -0.05) is 65.5 Å². The standard InChI is InChI=1S/C27H46O.CH2O/c1-18(2)7-6-8-19(3)23-11-12-24-22-10-9-20-17-21(28)13-15-26(20,4)25(22)14-16-27(23,24)5;1-2/h9,18-19,21-25,28H,6-8,10-17H2,1-5H3;1H2/t19-,21?,22?,23?,24?,25?,26?,27?;/m1./s1. The monoisotopic (exact) mass is 416 g/mol. The maximum absolute atomic E-state index is 10.2. The Hall–Kier alpha value is -0.630. The molecule has 4 aliphatic carbocycles. The van der Waals surface area contributed by atoms with Crippen LogP contribution in [0.1, 0.15) is 105 Å².